The number of unbranched alkanes of at least 4 members (excludes halogenated alkanes) is 1. The number of anilines is 1. The van der Waals surface area contributed by atoms with Crippen LogP contribution in [0.2, 0.25) is 5.02 Å². The third-order valence-corrected chi connectivity index (χ3v) is 7.05. The Hall–Kier alpha value is -3.46. The second-order valence-electron chi connectivity index (χ2n) is 8.03. The summed E-state index contributed by atoms with van der Waals surface area (Å²) in [5.74, 6) is 1.28. The molecule has 1 heterocycles. The molecule has 2 aromatic carbocycles. The van der Waals surface area contributed by atoms with Crippen molar-refractivity contribution in [3.8, 4) is 23.8 Å². The van der Waals surface area contributed by atoms with E-state index in [1.54, 1.807) is 12.1 Å². The molecule has 1 N–H and O–H groups in total. The third-order valence-electron chi connectivity index (χ3n) is 5.23. The van der Waals surface area contributed by atoms with Gasteiger partial charge in [0.2, 0.25) is 5.91 Å². The number of methoxy groups -OCH3 is 1. The summed E-state index contributed by atoms with van der Waals surface area (Å²) >= 11 is 10.2. The molecule has 3 rings (SSSR count). The number of ether oxygens (including phenoxy) is 3. The molecule has 1 aliphatic rings. The van der Waals surface area contributed by atoms with Crippen LogP contribution >= 0.6 is 39.3 Å². The number of nitrogens with one attached hydrogen (secondary N) is 1. The Morgan fingerprint density at radius 2 is 2.03 bits per heavy atom. The Balaban J connectivity index is 1.70. The van der Waals surface area contributed by atoms with Gasteiger partial charge in [0.05, 0.1) is 33.7 Å². The highest BCUT2D eigenvalue weighted by Crippen LogP contribution is 2.39. The molecule has 3 amide bonds. The Bertz CT molecular complexity index is 1370. The average molecular weight is 636 g/mol. The molecular formula is C27H24BrClN2O7S. The minimum absolute atomic E-state index is 0.0373. The van der Waals surface area contributed by atoms with Crippen molar-refractivity contribution in [2.75, 3.05) is 32.2 Å². The molecule has 0 spiro atoms. The number of nitrogens with zero attached hydrogens (tertiary/aromatic N) is 1. The predicted molar refractivity (Wildman–Crippen MR) is 153 cm³/mol. The number of halogens is 2. The average Bonchev–Trinajstić information content (AvgIpc) is 3.16. The van der Waals surface area contributed by atoms with Gasteiger partial charge < -0.3 is 19.5 Å². The summed E-state index contributed by atoms with van der Waals surface area (Å²) in [4.78, 5) is 51.4. The van der Waals surface area contributed by atoms with Gasteiger partial charge in [0.15, 0.2) is 11.5 Å². The number of hydrogen-bond acceptors (Lipinski definition) is 8. The lowest BCUT2D eigenvalue weighted by Crippen LogP contribution is -2.36. The Kier molecular flexibility index (Phi) is 10.9. The van der Waals surface area contributed by atoms with E-state index in [2.05, 4.69) is 27.2 Å². The number of rotatable bonds is 11. The molecule has 9 nitrogen and oxygen atoms in total. The van der Waals surface area contributed by atoms with E-state index in [1.807, 2.05) is 6.92 Å². The molecule has 0 aliphatic carbocycles. The van der Waals surface area contributed by atoms with Crippen molar-refractivity contribution >= 4 is 74.1 Å². The van der Waals surface area contributed by atoms with E-state index >= 15 is 0 Å². The zero-order valence-electron chi connectivity index (χ0n) is 21.0. The van der Waals surface area contributed by atoms with Gasteiger partial charge in [0.25, 0.3) is 11.1 Å². The summed E-state index contributed by atoms with van der Waals surface area (Å²) in [5.41, 5.74) is 0.914. The SMILES string of the molecule is C#CCOc1c(Br)cc(/C=C2\SC(=O)N(CC(=O)Nc3ccc(Cl)c(C(=O)OCCCC)c3)C2=O)cc1OC. The topological polar surface area (TPSA) is 111 Å². The second-order valence-corrected chi connectivity index (χ2v) is 10.3. The van der Waals surface area contributed by atoms with Crippen molar-refractivity contribution in [1.82, 2.24) is 4.90 Å². The van der Waals surface area contributed by atoms with Crippen molar-refractivity contribution in [3.05, 3.63) is 55.9 Å². The first-order valence-electron chi connectivity index (χ1n) is 11.6. The number of esters is 1. The molecule has 1 fully saturated rings. The summed E-state index contributed by atoms with van der Waals surface area (Å²) in [6.45, 7) is 1.74. The summed E-state index contributed by atoms with van der Waals surface area (Å²) in [5, 5.41) is 2.15. The highest BCUT2D eigenvalue weighted by atomic mass is 79.9. The van der Waals surface area contributed by atoms with E-state index in [1.165, 1.54) is 31.4 Å². The molecule has 0 unspecified atom stereocenters. The lowest BCUT2D eigenvalue weighted by Gasteiger charge is -2.13. The first-order valence-corrected chi connectivity index (χ1v) is 13.6. The van der Waals surface area contributed by atoms with Crippen LogP contribution in [0.1, 0.15) is 35.7 Å². The fourth-order valence-corrected chi connectivity index (χ4v) is 4.96. The van der Waals surface area contributed by atoms with Crippen LogP contribution in [0.3, 0.4) is 0 Å². The molecule has 0 aromatic heterocycles. The molecule has 0 atom stereocenters. The van der Waals surface area contributed by atoms with E-state index in [0.717, 1.165) is 11.3 Å². The van der Waals surface area contributed by atoms with Crippen molar-refractivity contribution < 1.29 is 33.4 Å². The van der Waals surface area contributed by atoms with Crippen molar-refractivity contribution in [2.45, 2.75) is 19.8 Å². The van der Waals surface area contributed by atoms with E-state index in [9.17, 15) is 19.2 Å². The van der Waals surface area contributed by atoms with Gasteiger partial charge in [-0.3, -0.25) is 19.3 Å². The monoisotopic (exact) mass is 634 g/mol. The van der Waals surface area contributed by atoms with Crippen molar-refractivity contribution in [3.63, 3.8) is 0 Å². The van der Waals surface area contributed by atoms with Gasteiger partial charge in [-0.2, -0.15) is 0 Å². The molecule has 1 saturated heterocycles. The predicted octanol–water partition coefficient (Wildman–Crippen LogP) is 5.76. The maximum absolute atomic E-state index is 12.9. The summed E-state index contributed by atoms with van der Waals surface area (Å²) in [6.07, 6.45) is 8.33. The smallest absolute Gasteiger partial charge is 0.339 e. The molecule has 0 radical (unpaired) electrons. The largest absolute Gasteiger partial charge is 0.493 e. The van der Waals surface area contributed by atoms with E-state index < -0.39 is 29.6 Å². The first kappa shape index (κ1) is 30.1. The van der Waals surface area contributed by atoms with Gasteiger partial charge in [-0.1, -0.05) is 30.9 Å². The lowest BCUT2D eigenvalue weighted by molar-refractivity contribution is -0.127. The molecule has 204 valence electrons. The number of benzene rings is 2. The molecule has 12 heteroatoms. The number of amides is 3. The number of hydrogen-bond donors (Lipinski definition) is 1. The Morgan fingerprint density at radius 1 is 1.26 bits per heavy atom. The number of thioether (sulfide) groups is 1. The zero-order chi connectivity index (χ0) is 28.5. The van der Waals surface area contributed by atoms with Crippen LogP contribution in [-0.2, 0) is 14.3 Å². The molecular weight excluding hydrogens is 612 g/mol. The molecule has 2 aromatic rings. The minimum Gasteiger partial charge on any atom is -0.493 e. The van der Waals surface area contributed by atoms with Crippen LogP contribution in [-0.4, -0.2) is 54.8 Å². The highest BCUT2D eigenvalue weighted by molar-refractivity contribution is 9.10. The van der Waals surface area contributed by atoms with E-state index in [-0.39, 0.29) is 34.4 Å². The van der Waals surface area contributed by atoms with Gasteiger partial charge in [-0.05, 0) is 76.1 Å². The van der Waals surface area contributed by atoms with Crippen LogP contribution in [0.25, 0.3) is 6.08 Å². The Morgan fingerprint density at radius 3 is 2.72 bits per heavy atom. The van der Waals surface area contributed by atoms with Gasteiger partial charge in [-0.25, -0.2) is 4.79 Å². The maximum atomic E-state index is 12.9. The summed E-state index contributed by atoms with van der Waals surface area (Å²) in [7, 11) is 1.46. The normalized spacial score (nSPS) is 13.8. The van der Waals surface area contributed by atoms with Gasteiger partial charge in [0, 0.05) is 5.69 Å². The van der Waals surface area contributed by atoms with Crippen molar-refractivity contribution in [2.24, 2.45) is 0 Å². The number of terminal acetylenes is 1. The van der Waals surface area contributed by atoms with E-state index in [4.69, 9.17) is 32.2 Å². The second kappa shape index (κ2) is 14.1. The van der Waals surface area contributed by atoms with Gasteiger partial charge in [0.1, 0.15) is 13.2 Å². The zero-order valence-corrected chi connectivity index (χ0v) is 24.2. The molecule has 0 bridgehead atoms. The molecule has 0 saturated carbocycles. The van der Waals surface area contributed by atoms with E-state index in [0.29, 0.717) is 39.7 Å². The Labute approximate surface area is 243 Å². The number of imide groups is 1. The summed E-state index contributed by atoms with van der Waals surface area (Å²) < 4.78 is 16.6. The third kappa shape index (κ3) is 7.79. The van der Waals surface area contributed by atoms with Gasteiger partial charge in [-0.15, -0.1) is 6.42 Å². The van der Waals surface area contributed by atoms with Crippen LogP contribution in [0.5, 0.6) is 11.5 Å². The number of carbonyl (C=O) groups excluding carboxylic acids is 4. The first-order chi connectivity index (χ1) is 18.7. The van der Waals surface area contributed by atoms with Crippen LogP contribution in [0.4, 0.5) is 10.5 Å². The molecule has 1 aliphatic heterocycles. The minimum atomic E-state index is -0.634. The lowest BCUT2D eigenvalue weighted by atomic mass is 10.2. The maximum Gasteiger partial charge on any atom is 0.339 e. The fourth-order valence-electron chi connectivity index (χ4n) is 3.36. The quantitative estimate of drug-likeness (QED) is 0.144. The molecule has 39 heavy (non-hydrogen) atoms. The van der Waals surface area contributed by atoms with Crippen LogP contribution in [0.15, 0.2) is 39.7 Å². The van der Waals surface area contributed by atoms with Crippen LogP contribution in [0, 0.1) is 12.3 Å². The highest BCUT2D eigenvalue weighted by Gasteiger charge is 2.36. The summed E-state index contributed by atoms with van der Waals surface area (Å²) in [6, 6.07) is 7.64. The number of carbonyl (C=O) groups is 4. The van der Waals surface area contributed by atoms with Gasteiger partial charge >= 0.3 is 5.97 Å². The van der Waals surface area contributed by atoms with Crippen LogP contribution < -0.4 is 14.8 Å². The standard InChI is InChI=1S/C27H24BrClN2O7S/c1-4-6-10-38-26(34)18-14-17(7-8-20(18)29)30-23(32)15-31-25(33)22(39-27(31)35)13-16-11-19(28)24(37-9-5-2)21(12-16)36-3/h2,7-8,11-14H,4,6,9-10,15H2,1,3H3,(H,30,32)/b22-13-. The van der Waals surface area contributed by atoms with Crippen molar-refractivity contribution in [1.29, 1.82) is 0 Å². The fraction of sp³-hybridized carbons (Fsp3) is 0.259.